The molecule has 1 saturated carbocycles. The van der Waals surface area contributed by atoms with Crippen LogP contribution in [0.1, 0.15) is 43.7 Å². The molecule has 0 amide bonds. The van der Waals surface area contributed by atoms with Crippen molar-refractivity contribution < 1.29 is 13.2 Å². The molecule has 0 aromatic heterocycles. The van der Waals surface area contributed by atoms with Gasteiger partial charge in [-0.1, -0.05) is 50.2 Å². The van der Waals surface area contributed by atoms with Gasteiger partial charge in [-0.15, -0.1) is 0 Å². The highest BCUT2D eigenvalue weighted by Crippen LogP contribution is 2.55. The molecule has 4 nitrogen and oxygen atoms in total. The predicted molar refractivity (Wildman–Crippen MR) is 96.5 cm³/mol. The van der Waals surface area contributed by atoms with E-state index in [4.69, 9.17) is 9.88 Å². The highest BCUT2D eigenvalue weighted by Gasteiger charge is 2.55. The van der Waals surface area contributed by atoms with Gasteiger partial charge in [-0.05, 0) is 41.5 Å². The zero-order chi connectivity index (χ0) is 17.5. The van der Waals surface area contributed by atoms with Crippen LogP contribution in [0, 0.1) is 0 Å². The minimum Gasteiger partial charge on any atom is -0.496 e. The van der Waals surface area contributed by atoms with Crippen molar-refractivity contribution >= 4 is 10.0 Å². The Bertz CT molecular complexity index is 854. The molecule has 0 radical (unpaired) electrons. The summed E-state index contributed by atoms with van der Waals surface area (Å²) >= 11 is 0. The van der Waals surface area contributed by atoms with Crippen molar-refractivity contribution in [2.75, 3.05) is 7.11 Å². The van der Waals surface area contributed by atoms with E-state index in [9.17, 15) is 8.42 Å². The second-order valence-corrected chi connectivity index (χ2v) is 8.54. The molecule has 2 aromatic carbocycles. The number of rotatable bonds is 5. The first-order chi connectivity index (χ1) is 11.3. The maximum Gasteiger partial charge on any atom is 0.219 e. The zero-order valence-corrected chi connectivity index (χ0v) is 15.1. The number of hydrogen-bond donors (Lipinski definition) is 1. The van der Waals surface area contributed by atoms with Crippen LogP contribution in [0.4, 0.5) is 0 Å². The molecule has 1 fully saturated rings. The van der Waals surface area contributed by atoms with Gasteiger partial charge in [0.25, 0.3) is 0 Å². The Morgan fingerprint density at radius 1 is 1.08 bits per heavy atom. The van der Waals surface area contributed by atoms with Crippen LogP contribution >= 0.6 is 0 Å². The molecule has 24 heavy (non-hydrogen) atoms. The lowest BCUT2D eigenvalue weighted by molar-refractivity contribution is 0.415. The van der Waals surface area contributed by atoms with Gasteiger partial charge >= 0.3 is 0 Å². The largest absolute Gasteiger partial charge is 0.496 e. The van der Waals surface area contributed by atoms with Gasteiger partial charge in [0.15, 0.2) is 0 Å². The molecule has 0 aliphatic heterocycles. The van der Waals surface area contributed by atoms with E-state index in [0.717, 1.165) is 28.0 Å². The highest BCUT2D eigenvalue weighted by molar-refractivity contribution is 7.90. The van der Waals surface area contributed by atoms with E-state index in [1.165, 1.54) is 0 Å². The summed E-state index contributed by atoms with van der Waals surface area (Å²) in [5.74, 6) is 0.892. The van der Waals surface area contributed by atoms with Gasteiger partial charge in [0.2, 0.25) is 10.0 Å². The van der Waals surface area contributed by atoms with Crippen LogP contribution in [0.5, 0.6) is 5.75 Å². The number of benzene rings is 2. The monoisotopic (exact) mass is 345 g/mol. The van der Waals surface area contributed by atoms with E-state index in [1.807, 2.05) is 42.5 Å². The molecular formula is C19H23NO3S. The third-order valence-corrected chi connectivity index (χ3v) is 6.52. The molecule has 2 aromatic rings. The van der Waals surface area contributed by atoms with Gasteiger partial charge in [0, 0.05) is 5.56 Å². The van der Waals surface area contributed by atoms with E-state index in [2.05, 4.69) is 13.8 Å². The Morgan fingerprint density at radius 3 is 2.17 bits per heavy atom. The second-order valence-electron chi connectivity index (χ2n) is 6.66. The SMILES string of the molecule is COc1ccc(C2(S(N)(=O)=O)CC2)c(C(C)C)c1-c1ccccc1. The Labute approximate surface area is 143 Å². The number of nitrogens with two attached hydrogens (primary N) is 1. The predicted octanol–water partition coefficient (Wildman–Crippen LogP) is 3.76. The Kier molecular flexibility index (Phi) is 4.18. The summed E-state index contributed by atoms with van der Waals surface area (Å²) in [5.41, 5.74) is 3.80. The lowest BCUT2D eigenvalue weighted by Crippen LogP contribution is -2.29. The number of sulfonamides is 1. The average molecular weight is 345 g/mol. The molecule has 2 N–H and O–H groups in total. The summed E-state index contributed by atoms with van der Waals surface area (Å²) < 4.78 is 29.1. The van der Waals surface area contributed by atoms with E-state index >= 15 is 0 Å². The molecule has 3 rings (SSSR count). The molecule has 128 valence electrons. The minimum absolute atomic E-state index is 0.143. The maximum atomic E-state index is 12.2. The Hall–Kier alpha value is -1.85. The van der Waals surface area contributed by atoms with Crippen molar-refractivity contribution in [3.8, 4) is 16.9 Å². The van der Waals surface area contributed by atoms with Crippen LogP contribution in [-0.4, -0.2) is 15.5 Å². The molecule has 1 aliphatic rings. The fourth-order valence-electron chi connectivity index (χ4n) is 3.49. The first-order valence-corrected chi connectivity index (χ1v) is 9.65. The fraction of sp³-hybridized carbons (Fsp3) is 0.368. The summed E-state index contributed by atoms with van der Waals surface area (Å²) in [6.07, 6.45) is 1.15. The number of methoxy groups -OCH3 is 1. The van der Waals surface area contributed by atoms with Crippen molar-refractivity contribution in [3.05, 3.63) is 53.6 Å². The van der Waals surface area contributed by atoms with Crippen molar-refractivity contribution in [3.63, 3.8) is 0 Å². The molecular weight excluding hydrogens is 322 g/mol. The standard InChI is InChI=1S/C19H23NO3S/c1-13(2)17-15(19(11-12-19)24(20,21)22)9-10-16(23-3)18(17)14-7-5-4-6-8-14/h4-10,13H,11-12H2,1-3H3,(H2,20,21,22). The molecule has 0 heterocycles. The maximum absolute atomic E-state index is 12.2. The number of hydrogen-bond acceptors (Lipinski definition) is 3. The van der Waals surface area contributed by atoms with Crippen molar-refractivity contribution in [1.82, 2.24) is 0 Å². The van der Waals surface area contributed by atoms with Gasteiger partial charge < -0.3 is 4.74 Å². The summed E-state index contributed by atoms with van der Waals surface area (Å²) in [6, 6.07) is 13.7. The molecule has 0 saturated heterocycles. The lowest BCUT2D eigenvalue weighted by Gasteiger charge is -2.25. The van der Waals surface area contributed by atoms with Crippen molar-refractivity contribution in [2.24, 2.45) is 5.14 Å². The van der Waals surface area contributed by atoms with Crippen molar-refractivity contribution in [2.45, 2.75) is 37.4 Å². The molecule has 0 bridgehead atoms. The van der Waals surface area contributed by atoms with Crippen molar-refractivity contribution in [1.29, 1.82) is 0 Å². The topological polar surface area (TPSA) is 69.4 Å². The fourth-order valence-corrected chi connectivity index (χ4v) is 4.65. The number of ether oxygens (including phenoxy) is 1. The van der Waals surface area contributed by atoms with Crippen LogP contribution in [0.3, 0.4) is 0 Å². The van der Waals surface area contributed by atoms with E-state index in [1.54, 1.807) is 7.11 Å². The zero-order valence-electron chi connectivity index (χ0n) is 14.2. The highest BCUT2D eigenvalue weighted by atomic mass is 32.2. The second kappa shape index (κ2) is 5.90. The molecule has 0 spiro atoms. The third-order valence-electron chi connectivity index (χ3n) is 4.81. The van der Waals surface area contributed by atoms with Gasteiger partial charge in [-0.3, -0.25) is 0 Å². The first-order valence-electron chi connectivity index (χ1n) is 8.11. The normalized spacial score (nSPS) is 16.2. The van der Waals surface area contributed by atoms with Gasteiger partial charge in [-0.2, -0.15) is 0 Å². The Balaban J connectivity index is 2.35. The van der Waals surface area contributed by atoms with Gasteiger partial charge in [0.05, 0.1) is 7.11 Å². The Morgan fingerprint density at radius 2 is 1.71 bits per heavy atom. The number of primary sulfonamides is 1. The minimum atomic E-state index is -3.66. The quantitative estimate of drug-likeness (QED) is 0.897. The van der Waals surface area contributed by atoms with Crippen LogP contribution in [0.15, 0.2) is 42.5 Å². The molecule has 1 aliphatic carbocycles. The van der Waals surface area contributed by atoms with Crippen LogP contribution in [0.25, 0.3) is 11.1 Å². The molecule has 0 atom stereocenters. The van der Waals surface area contributed by atoms with Crippen LogP contribution in [-0.2, 0) is 14.8 Å². The average Bonchev–Trinajstić information content (AvgIpc) is 3.35. The van der Waals surface area contributed by atoms with Gasteiger partial charge in [-0.25, -0.2) is 13.6 Å². The van der Waals surface area contributed by atoms with E-state index in [0.29, 0.717) is 12.8 Å². The molecule has 0 unspecified atom stereocenters. The lowest BCUT2D eigenvalue weighted by atomic mass is 9.86. The third kappa shape index (κ3) is 2.62. The van der Waals surface area contributed by atoms with E-state index in [-0.39, 0.29) is 5.92 Å². The molecule has 5 heteroatoms. The summed E-state index contributed by atoms with van der Waals surface area (Å²) in [6.45, 7) is 4.15. The summed E-state index contributed by atoms with van der Waals surface area (Å²) in [7, 11) is -2.02. The van der Waals surface area contributed by atoms with Gasteiger partial charge in [0.1, 0.15) is 10.5 Å². The summed E-state index contributed by atoms with van der Waals surface area (Å²) in [4.78, 5) is 0. The smallest absolute Gasteiger partial charge is 0.219 e. The van der Waals surface area contributed by atoms with Crippen LogP contribution < -0.4 is 9.88 Å². The van der Waals surface area contributed by atoms with Crippen LogP contribution in [0.2, 0.25) is 0 Å². The summed E-state index contributed by atoms with van der Waals surface area (Å²) in [5, 5.41) is 5.58. The first kappa shape index (κ1) is 17.0. The van der Waals surface area contributed by atoms with E-state index < -0.39 is 14.8 Å².